The van der Waals surface area contributed by atoms with Crippen LogP contribution in [-0.4, -0.2) is 115 Å². The molecule has 2 N–H and O–H groups in total. The van der Waals surface area contributed by atoms with Crippen molar-refractivity contribution in [2.24, 2.45) is 0 Å². The number of ether oxygens (including phenoxy) is 7. The van der Waals surface area contributed by atoms with Gasteiger partial charge in [0.05, 0.1) is 39.1 Å². The molecule has 1 saturated heterocycles. The van der Waals surface area contributed by atoms with Gasteiger partial charge >= 0.3 is 0 Å². The molecule has 0 saturated carbocycles. The Morgan fingerprint density at radius 1 is 0.886 bits per heavy atom. The first-order valence-corrected chi connectivity index (χ1v) is 12.4. The van der Waals surface area contributed by atoms with Gasteiger partial charge in [-0.2, -0.15) is 0 Å². The van der Waals surface area contributed by atoms with Crippen LogP contribution in [0.4, 0.5) is 0 Å². The summed E-state index contributed by atoms with van der Waals surface area (Å²) in [6.07, 6.45) is 0.710. The van der Waals surface area contributed by atoms with Crippen LogP contribution in [0.25, 0.3) is 0 Å². The number of methoxy groups -OCH3 is 2. The number of nitrogens with one attached hydrogen (secondary N) is 1. The molecular formula is C24H45NO10. The van der Waals surface area contributed by atoms with Gasteiger partial charge in [0.2, 0.25) is 5.91 Å². The number of amides is 1. The highest BCUT2D eigenvalue weighted by molar-refractivity contribution is 5.78. The summed E-state index contributed by atoms with van der Waals surface area (Å²) in [4.78, 5) is 23.5. The van der Waals surface area contributed by atoms with Crippen molar-refractivity contribution >= 4 is 11.7 Å². The third kappa shape index (κ3) is 13.1. The molecule has 0 spiro atoms. The van der Waals surface area contributed by atoms with Gasteiger partial charge < -0.3 is 43.6 Å². The summed E-state index contributed by atoms with van der Waals surface area (Å²) in [6, 6.07) is -0.582. The zero-order valence-corrected chi connectivity index (χ0v) is 21.7. The monoisotopic (exact) mass is 507 g/mol. The van der Waals surface area contributed by atoms with Crippen LogP contribution in [0.1, 0.15) is 46.0 Å². The molecular weight excluding hydrogens is 462 g/mol. The van der Waals surface area contributed by atoms with Gasteiger partial charge in [-0.05, 0) is 19.3 Å². The van der Waals surface area contributed by atoms with Crippen LogP contribution in [0.3, 0.4) is 0 Å². The molecule has 0 aliphatic carbocycles. The summed E-state index contributed by atoms with van der Waals surface area (Å²) >= 11 is 0. The van der Waals surface area contributed by atoms with E-state index < -0.39 is 30.6 Å². The predicted octanol–water partition coefficient (Wildman–Crippen LogP) is 0.844. The standard InChI is InChI=1S/C24H45NO10/c1-5-11-31-13-9-19(28)7-6-12-32-14-15-33-16-17-34-24-21(25-18(2)27)23(30-4)22(29-3)20(35-24)8-10-26/h20-24,26H,5-17H2,1-4H3,(H,25,27). The normalized spacial score (nSPS) is 24.4. The number of hydrogen-bond acceptors (Lipinski definition) is 10. The van der Waals surface area contributed by atoms with E-state index in [1.807, 2.05) is 6.92 Å². The molecule has 0 bridgehead atoms. The smallest absolute Gasteiger partial charge is 0.217 e. The first-order chi connectivity index (χ1) is 17.0. The fraction of sp³-hybridized carbons (Fsp3) is 0.917. The number of Topliss-reactive ketones (excluding diaryl/α,β-unsaturated/α-hetero) is 1. The molecule has 1 heterocycles. The van der Waals surface area contributed by atoms with E-state index in [1.54, 1.807) is 0 Å². The lowest BCUT2D eigenvalue weighted by Gasteiger charge is -2.45. The van der Waals surface area contributed by atoms with Gasteiger partial charge in [0.1, 0.15) is 24.0 Å². The Labute approximate surface area is 209 Å². The highest BCUT2D eigenvalue weighted by Crippen LogP contribution is 2.27. The van der Waals surface area contributed by atoms with Gasteiger partial charge in [-0.25, -0.2) is 0 Å². The number of carbonyl (C=O) groups excluding carboxylic acids is 2. The molecule has 11 nitrogen and oxygen atoms in total. The van der Waals surface area contributed by atoms with Gasteiger partial charge in [-0.3, -0.25) is 9.59 Å². The van der Waals surface area contributed by atoms with Crippen molar-refractivity contribution in [2.75, 3.05) is 67.1 Å². The van der Waals surface area contributed by atoms with Crippen LogP contribution >= 0.6 is 0 Å². The quantitative estimate of drug-likeness (QED) is 0.216. The summed E-state index contributed by atoms with van der Waals surface area (Å²) in [5.74, 6) is -0.0565. The second kappa shape index (κ2) is 19.9. The minimum atomic E-state index is -0.781. The average molecular weight is 508 g/mol. The maximum absolute atomic E-state index is 11.7. The number of aliphatic hydroxyl groups is 1. The molecule has 5 atom stereocenters. The molecule has 0 aromatic heterocycles. The van der Waals surface area contributed by atoms with E-state index in [4.69, 9.17) is 33.2 Å². The lowest BCUT2D eigenvalue weighted by Crippen LogP contribution is -2.65. The van der Waals surface area contributed by atoms with Crippen LogP contribution < -0.4 is 5.32 Å². The van der Waals surface area contributed by atoms with Gasteiger partial charge in [0.25, 0.3) is 0 Å². The molecule has 5 unspecified atom stereocenters. The number of hydrogen-bond donors (Lipinski definition) is 2. The molecule has 0 radical (unpaired) electrons. The van der Waals surface area contributed by atoms with E-state index in [0.717, 1.165) is 6.42 Å². The Morgan fingerprint density at radius 2 is 1.54 bits per heavy atom. The number of carbonyl (C=O) groups is 2. The van der Waals surface area contributed by atoms with E-state index in [1.165, 1.54) is 21.1 Å². The largest absolute Gasteiger partial charge is 0.396 e. The lowest BCUT2D eigenvalue weighted by molar-refractivity contribution is -0.276. The van der Waals surface area contributed by atoms with Crippen LogP contribution in [0.5, 0.6) is 0 Å². The summed E-state index contributed by atoms with van der Waals surface area (Å²) in [6.45, 7) is 6.39. The van der Waals surface area contributed by atoms with Crippen LogP contribution in [-0.2, 0) is 42.7 Å². The van der Waals surface area contributed by atoms with Crippen molar-refractivity contribution in [3.63, 3.8) is 0 Å². The van der Waals surface area contributed by atoms with Crippen LogP contribution in [0, 0.1) is 0 Å². The van der Waals surface area contributed by atoms with Crippen molar-refractivity contribution < 1.29 is 47.9 Å². The van der Waals surface area contributed by atoms with Crippen molar-refractivity contribution in [3.05, 3.63) is 0 Å². The molecule has 1 fully saturated rings. The number of ketones is 1. The highest BCUT2D eigenvalue weighted by atomic mass is 16.7. The summed E-state index contributed by atoms with van der Waals surface area (Å²) in [5, 5.41) is 12.2. The zero-order chi connectivity index (χ0) is 25.9. The summed E-state index contributed by atoms with van der Waals surface area (Å²) < 4.78 is 39.3. The minimum Gasteiger partial charge on any atom is -0.396 e. The Kier molecular flexibility index (Phi) is 18.1. The molecule has 1 aliphatic rings. The maximum Gasteiger partial charge on any atom is 0.217 e. The van der Waals surface area contributed by atoms with E-state index in [0.29, 0.717) is 65.3 Å². The average Bonchev–Trinajstić information content (AvgIpc) is 2.83. The number of aliphatic hydroxyl groups excluding tert-OH is 1. The fourth-order valence-electron chi connectivity index (χ4n) is 3.83. The third-order valence-electron chi connectivity index (χ3n) is 5.47. The van der Waals surface area contributed by atoms with Gasteiger partial charge in [-0.1, -0.05) is 6.92 Å². The van der Waals surface area contributed by atoms with Crippen molar-refractivity contribution in [3.8, 4) is 0 Å². The van der Waals surface area contributed by atoms with E-state index >= 15 is 0 Å². The SMILES string of the molecule is CCCOCCC(=O)CCCOCCOCCOC1OC(CCO)C(OC)C(OC)C1NC(C)=O. The second-order valence-corrected chi connectivity index (χ2v) is 8.28. The van der Waals surface area contributed by atoms with Gasteiger partial charge in [0.15, 0.2) is 6.29 Å². The Hall–Kier alpha value is -1.18. The van der Waals surface area contributed by atoms with Crippen molar-refractivity contribution in [1.82, 2.24) is 5.32 Å². The lowest BCUT2D eigenvalue weighted by atomic mass is 9.94. The van der Waals surface area contributed by atoms with Crippen molar-refractivity contribution in [1.29, 1.82) is 0 Å². The molecule has 206 valence electrons. The minimum absolute atomic E-state index is 0.0802. The summed E-state index contributed by atoms with van der Waals surface area (Å²) in [7, 11) is 3.07. The molecule has 11 heteroatoms. The van der Waals surface area contributed by atoms with Gasteiger partial charge in [0, 0.05) is 53.8 Å². The Morgan fingerprint density at radius 3 is 2.17 bits per heavy atom. The molecule has 1 aliphatic heterocycles. The van der Waals surface area contributed by atoms with Crippen LogP contribution in [0.15, 0.2) is 0 Å². The van der Waals surface area contributed by atoms with E-state index in [9.17, 15) is 14.7 Å². The van der Waals surface area contributed by atoms with E-state index in [-0.39, 0.29) is 24.9 Å². The van der Waals surface area contributed by atoms with E-state index in [2.05, 4.69) is 5.32 Å². The highest BCUT2D eigenvalue weighted by Gasteiger charge is 2.47. The third-order valence-corrected chi connectivity index (χ3v) is 5.47. The maximum atomic E-state index is 11.7. The zero-order valence-electron chi connectivity index (χ0n) is 21.7. The Bertz CT molecular complexity index is 564. The van der Waals surface area contributed by atoms with Crippen LogP contribution in [0.2, 0.25) is 0 Å². The first-order valence-electron chi connectivity index (χ1n) is 12.4. The molecule has 35 heavy (non-hydrogen) atoms. The van der Waals surface area contributed by atoms with Gasteiger partial charge in [-0.15, -0.1) is 0 Å². The molecule has 0 aromatic rings. The topological polar surface area (TPSA) is 131 Å². The predicted molar refractivity (Wildman–Crippen MR) is 127 cm³/mol. The summed E-state index contributed by atoms with van der Waals surface area (Å²) in [5.41, 5.74) is 0. The number of rotatable bonds is 21. The Balaban J connectivity index is 2.26. The molecule has 0 aromatic carbocycles. The fourth-order valence-corrected chi connectivity index (χ4v) is 3.83. The first kappa shape index (κ1) is 31.8. The second-order valence-electron chi connectivity index (χ2n) is 8.28. The molecule has 1 amide bonds. The van der Waals surface area contributed by atoms with Crippen molar-refractivity contribution in [2.45, 2.75) is 76.6 Å². The molecule has 1 rings (SSSR count).